The molecule has 34 heavy (non-hydrogen) atoms. The predicted molar refractivity (Wildman–Crippen MR) is 131 cm³/mol. The molecule has 0 bridgehead atoms. The average molecular weight is 479 g/mol. The maximum atomic E-state index is 13.3. The van der Waals surface area contributed by atoms with Gasteiger partial charge in [0.1, 0.15) is 6.04 Å². The number of nitrogens with zero attached hydrogens (tertiary/aromatic N) is 3. The van der Waals surface area contributed by atoms with E-state index in [1.807, 2.05) is 70.2 Å². The van der Waals surface area contributed by atoms with E-state index in [9.17, 15) is 14.4 Å². The molecule has 4 rings (SSSR count). The molecule has 7 nitrogen and oxygen atoms in total. The highest BCUT2D eigenvalue weighted by Gasteiger charge is 2.51. The van der Waals surface area contributed by atoms with E-state index in [4.69, 9.17) is 0 Å². The van der Waals surface area contributed by atoms with Crippen LogP contribution >= 0.6 is 11.8 Å². The van der Waals surface area contributed by atoms with E-state index < -0.39 is 6.04 Å². The van der Waals surface area contributed by atoms with Crippen molar-refractivity contribution < 1.29 is 14.4 Å². The fourth-order valence-electron chi connectivity index (χ4n) is 4.59. The first-order valence-electron chi connectivity index (χ1n) is 11.7. The third kappa shape index (κ3) is 5.22. The van der Waals surface area contributed by atoms with E-state index in [-0.39, 0.29) is 35.5 Å². The van der Waals surface area contributed by atoms with Crippen LogP contribution in [0.2, 0.25) is 0 Å². The lowest BCUT2D eigenvalue weighted by molar-refractivity contribution is -0.147. The molecule has 8 heteroatoms. The molecule has 2 aliphatic rings. The monoisotopic (exact) mass is 478 g/mol. The van der Waals surface area contributed by atoms with E-state index in [1.165, 1.54) is 16.7 Å². The number of benzene rings is 1. The van der Waals surface area contributed by atoms with Gasteiger partial charge in [0.05, 0.1) is 11.8 Å². The second-order valence-electron chi connectivity index (χ2n) is 9.40. The van der Waals surface area contributed by atoms with Crippen LogP contribution in [-0.4, -0.2) is 38.6 Å². The van der Waals surface area contributed by atoms with Crippen molar-refractivity contribution in [3.8, 4) is 0 Å². The molecule has 1 saturated heterocycles. The van der Waals surface area contributed by atoms with E-state index in [1.54, 1.807) is 0 Å². The molecule has 0 radical (unpaired) electrons. The van der Waals surface area contributed by atoms with Crippen LogP contribution in [0.1, 0.15) is 44.5 Å². The number of anilines is 1. The lowest BCUT2D eigenvalue weighted by Gasteiger charge is -2.27. The third-order valence-corrected chi connectivity index (χ3v) is 7.02. The summed E-state index contributed by atoms with van der Waals surface area (Å²) in [6, 6.07) is 8.52. The maximum Gasteiger partial charge on any atom is 0.247 e. The van der Waals surface area contributed by atoms with Gasteiger partial charge in [-0.3, -0.25) is 19.3 Å². The molecular formula is C26H30N4O3S. The normalized spacial score (nSPS) is 20.6. The number of fused-ring (bicyclic) bond motifs is 1. The highest BCUT2D eigenvalue weighted by molar-refractivity contribution is 7.99. The SMILES string of the molecule is Cc1cc(C)nc(Sc2ccc(NC(=O)C(CC(C)C)N3C(=O)C4CC=CCC4C3=O)cc2)n1. The van der Waals surface area contributed by atoms with Crippen LogP contribution in [0.4, 0.5) is 5.69 Å². The lowest BCUT2D eigenvalue weighted by atomic mass is 9.85. The smallest absolute Gasteiger partial charge is 0.247 e. The molecule has 2 heterocycles. The molecule has 3 amide bonds. The van der Waals surface area contributed by atoms with Crippen molar-refractivity contribution in [2.45, 2.75) is 63.1 Å². The molecule has 1 fully saturated rings. The van der Waals surface area contributed by atoms with Gasteiger partial charge >= 0.3 is 0 Å². The minimum atomic E-state index is -0.816. The van der Waals surface area contributed by atoms with Gasteiger partial charge in [-0.25, -0.2) is 9.97 Å². The van der Waals surface area contributed by atoms with E-state index in [0.717, 1.165) is 16.3 Å². The first-order chi connectivity index (χ1) is 16.2. The second kappa shape index (κ2) is 10.1. The Morgan fingerprint density at radius 3 is 2.12 bits per heavy atom. The molecular weight excluding hydrogens is 448 g/mol. The van der Waals surface area contributed by atoms with Crippen LogP contribution in [-0.2, 0) is 14.4 Å². The number of aromatic nitrogens is 2. The van der Waals surface area contributed by atoms with Gasteiger partial charge in [-0.15, -0.1) is 0 Å². The van der Waals surface area contributed by atoms with Crippen LogP contribution in [0.25, 0.3) is 0 Å². The van der Waals surface area contributed by atoms with E-state index in [2.05, 4.69) is 15.3 Å². The molecule has 178 valence electrons. The summed E-state index contributed by atoms with van der Waals surface area (Å²) < 4.78 is 0. The average Bonchev–Trinajstić information content (AvgIpc) is 3.03. The second-order valence-corrected chi connectivity index (χ2v) is 10.4. The minimum Gasteiger partial charge on any atom is -0.324 e. The number of hydrogen-bond acceptors (Lipinski definition) is 6. The van der Waals surface area contributed by atoms with Gasteiger partial charge in [-0.2, -0.15) is 0 Å². The number of aryl methyl sites for hydroxylation is 2. The summed E-state index contributed by atoms with van der Waals surface area (Å²) in [6.07, 6.45) is 5.45. The standard InChI is InChI=1S/C26H30N4O3S/c1-15(2)13-22(30-24(32)20-7-5-6-8-21(20)25(30)33)23(31)29-18-9-11-19(12-10-18)34-26-27-16(3)14-17(4)28-26/h5-6,9-12,14-15,20-22H,7-8,13H2,1-4H3,(H,29,31). The highest BCUT2D eigenvalue weighted by Crippen LogP contribution is 2.37. The van der Waals surface area contributed by atoms with Crippen LogP contribution in [0.3, 0.4) is 0 Å². The van der Waals surface area contributed by atoms with Crippen molar-refractivity contribution >= 4 is 35.2 Å². The van der Waals surface area contributed by atoms with Gasteiger partial charge in [0.2, 0.25) is 17.7 Å². The summed E-state index contributed by atoms with van der Waals surface area (Å²) in [5.74, 6) is -1.32. The Balaban J connectivity index is 1.47. The zero-order valence-electron chi connectivity index (χ0n) is 19.9. The Morgan fingerprint density at radius 2 is 1.59 bits per heavy atom. The number of amides is 3. The Bertz CT molecular complexity index is 1080. The number of hydrogen-bond donors (Lipinski definition) is 1. The molecule has 1 aromatic carbocycles. The third-order valence-electron chi connectivity index (χ3n) is 6.14. The van der Waals surface area contributed by atoms with Gasteiger partial charge < -0.3 is 5.32 Å². The largest absolute Gasteiger partial charge is 0.324 e. The number of rotatable bonds is 7. The molecule has 3 atom stereocenters. The van der Waals surface area contributed by atoms with Crippen molar-refractivity contribution in [1.29, 1.82) is 0 Å². The van der Waals surface area contributed by atoms with Crippen molar-refractivity contribution in [3.05, 3.63) is 53.9 Å². The zero-order valence-corrected chi connectivity index (χ0v) is 20.8. The molecule has 1 N–H and O–H groups in total. The number of carbonyl (C=O) groups is 3. The van der Waals surface area contributed by atoms with Crippen LogP contribution in [0.15, 0.2) is 52.5 Å². The molecule has 1 aliphatic heterocycles. The molecule has 0 saturated carbocycles. The fourth-order valence-corrected chi connectivity index (χ4v) is 5.45. The van der Waals surface area contributed by atoms with Crippen LogP contribution < -0.4 is 5.32 Å². The number of allylic oxidation sites excluding steroid dienone is 2. The molecule has 3 unspecified atom stereocenters. The molecule has 1 aromatic heterocycles. The van der Waals surface area contributed by atoms with Crippen LogP contribution in [0.5, 0.6) is 0 Å². The Morgan fingerprint density at radius 1 is 1.03 bits per heavy atom. The minimum absolute atomic E-state index is 0.147. The van der Waals surface area contributed by atoms with Crippen molar-refractivity contribution in [2.75, 3.05) is 5.32 Å². The van der Waals surface area contributed by atoms with Gasteiger partial charge in [-0.1, -0.05) is 26.0 Å². The summed E-state index contributed by atoms with van der Waals surface area (Å²) in [4.78, 5) is 50.5. The zero-order chi connectivity index (χ0) is 24.4. The van der Waals surface area contributed by atoms with Crippen molar-refractivity contribution in [3.63, 3.8) is 0 Å². The fraction of sp³-hybridized carbons (Fsp3) is 0.423. The summed E-state index contributed by atoms with van der Waals surface area (Å²) in [5, 5.41) is 3.59. The predicted octanol–water partition coefficient (Wildman–Crippen LogP) is 4.55. The van der Waals surface area contributed by atoms with Gasteiger partial charge in [-0.05, 0) is 81.1 Å². The van der Waals surface area contributed by atoms with Crippen molar-refractivity contribution in [2.24, 2.45) is 17.8 Å². The Kier molecular flexibility index (Phi) is 7.16. The van der Waals surface area contributed by atoms with Gasteiger partial charge in [0.15, 0.2) is 5.16 Å². The summed E-state index contributed by atoms with van der Waals surface area (Å²) in [6.45, 7) is 7.85. The molecule has 1 aliphatic carbocycles. The number of likely N-dealkylation sites (tertiary alicyclic amines) is 1. The number of imide groups is 1. The summed E-state index contributed by atoms with van der Waals surface area (Å²) >= 11 is 1.45. The maximum absolute atomic E-state index is 13.3. The topological polar surface area (TPSA) is 92.3 Å². The van der Waals surface area contributed by atoms with Gasteiger partial charge in [0.25, 0.3) is 0 Å². The quantitative estimate of drug-likeness (QED) is 0.357. The summed E-state index contributed by atoms with van der Waals surface area (Å²) in [7, 11) is 0. The highest BCUT2D eigenvalue weighted by atomic mass is 32.2. The Labute approximate surface area is 204 Å². The van der Waals surface area contributed by atoms with Gasteiger partial charge in [0, 0.05) is 22.0 Å². The number of carbonyl (C=O) groups excluding carboxylic acids is 3. The van der Waals surface area contributed by atoms with Crippen LogP contribution in [0, 0.1) is 31.6 Å². The lowest BCUT2D eigenvalue weighted by Crippen LogP contribution is -2.48. The Hall–Kier alpha value is -3.00. The van der Waals surface area contributed by atoms with E-state index >= 15 is 0 Å². The number of nitrogens with one attached hydrogen (secondary N) is 1. The molecule has 2 aromatic rings. The van der Waals surface area contributed by atoms with E-state index in [0.29, 0.717) is 30.1 Å². The van der Waals surface area contributed by atoms with Crippen molar-refractivity contribution in [1.82, 2.24) is 14.9 Å². The molecule has 0 spiro atoms. The first-order valence-corrected chi connectivity index (χ1v) is 12.5. The first kappa shape index (κ1) is 24.1. The summed E-state index contributed by atoms with van der Waals surface area (Å²) in [5.41, 5.74) is 2.44.